The van der Waals surface area contributed by atoms with E-state index in [1.165, 1.54) is 9.91 Å². The fourth-order valence-electron chi connectivity index (χ4n) is 9.43. The van der Waals surface area contributed by atoms with Crippen molar-refractivity contribution in [3.05, 3.63) is 71.5 Å². The molecule has 4 aromatic rings. The summed E-state index contributed by atoms with van der Waals surface area (Å²) in [6.45, 7) is 14.7. The van der Waals surface area contributed by atoms with Crippen molar-refractivity contribution in [3.63, 3.8) is 0 Å². The Morgan fingerprint density at radius 3 is 2.53 bits per heavy atom. The number of hydrazine groups is 1. The third-order valence-corrected chi connectivity index (χ3v) is 13.0. The van der Waals surface area contributed by atoms with Crippen molar-refractivity contribution in [1.29, 1.82) is 0 Å². The summed E-state index contributed by atoms with van der Waals surface area (Å²) >= 11 is 0. The molecule has 1 saturated heterocycles. The highest BCUT2D eigenvalue weighted by molar-refractivity contribution is 5.96. The van der Waals surface area contributed by atoms with Gasteiger partial charge in [-0.05, 0) is 104 Å². The first-order valence-electron chi connectivity index (χ1n) is 21.9. The van der Waals surface area contributed by atoms with E-state index in [2.05, 4.69) is 54.3 Å². The number of aryl methyl sites for hydroxylation is 1. The van der Waals surface area contributed by atoms with Gasteiger partial charge in [0.05, 0.1) is 36.1 Å². The van der Waals surface area contributed by atoms with E-state index in [9.17, 15) is 29.4 Å². The van der Waals surface area contributed by atoms with Crippen molar-refractivity contribution < 1.29 is 38.9 Å². The number of phenols is 1. The third kappa shape index (κ3) is 8.82. The number of phenolic OH excluding ortho intramolecular Hbond substituents is 1. The number of nitrogens with zero attached hydrogens (tertiary/aromatic N) is 4. The highest BCUT2D eigenvalue weighted by Gasteiger charge is 2.53. The summed E-state index contributed by atoms with van der Waals surface area (Å²) in [5.74, 6) is -2.94. The lowest BCUT2D eigenvalue weighted by Gasteiger charge is -2.36. The predicted molar refractivity (Wildman–Crippen MR) is 235 cm³/mol. The summed E-state index contributed by atoms with van der Waals surface area (Å²) in [5.41, 5.74) is 9.56. The quantitative estimate of drug-likeness (QED) is 0.156. The molecule has 1 saturated carbocycles. The minimum Gasteiger partial charge on any atom is -0.508 e. The number of aromatic hydroxyl groups is 1. The average Bonchev–Trinajstić information content (AvgIpc) is 3.73. The van der Waals surface area contributed by atoms with Crippen LogP contribution in [0.4, 0.5) is 0 Å². The van der Waals surface area contributed by atoms with Gasteiger partial charge < -0.3 is 34.5 Å². The van der Waals surface area contributed by atoms with Crippen LogP contribution in [0.3, 0.4) is 0 Å². The molecule has 2 aromatic heterocycles. The summed E-state index contributed by atoms with van der Waals surface area (Å²) < 4.78 is 14.2. The number of carbonyl (C=O) groups excluding carboxylic acids is 4. The van der Waals surface area contributed by atoms with Crippen LogP contribution in [0.15, 0.2) is 54.7 Å². The van der Waals surface area contributed by atoms with Crippen molar-refractivity contribution in [2.75, 3.05) is 27.3 Å². The van der Waals surface area contributed by atoms with Gasteiger partial charge in [0.2, 0.25) is 11.8 Å². The number of hydrogen-bond acceptors (Lipinski definition) is 10. The zero-order chi connectivity index (χ0) is 44.8. The number of fused-ring (bicyclic) bond motifs is 6. The number of aliphatic hydroxyl groups excluding tert-OH is 1. The third-order valence-electron chi connectivity index (χ3n) is 13.0. The van der Waals surface area contributed by atoms with E-state index in [4.69, 9.17) is 14.5 Å². The maximum Gasteiger partial charge on any atom is 0.324 e. The summed E-state index contributed by atoms with van der Waals surface area (Å²) in [6.07, 6.45) is 2.24. The molecular formula is C48H62N6O8. The summed E-state index contributed by atoms with van der Waals surface area (Å²) in [5, 5.41) is 26.9. The van der Waals surface area contributed by atoms with E-state index in [1.54, 1.807) is 39.4 Å². The summed E-state index contributed by atoms with van der Waals surface area (Å²) in [6, 6.07) is 12.5. The zero-order valence-electron chi connectivity index (χ0n) is 37.4. The Bertz CT molecular complexity index is 2350. The lowest BCUT2D eigenvalue weighted by Crippen LogP contribution is -2.62. The molecule has 2 aliphatic heterocycles. The second-order valence-corrected chi connectivity index (χ2v) is 18.5. The second kappa shape index (κ2) is 17.8. The molecule has 1 aliphatic carbocycles. The molecule has 7 rings (SSSR count). The van der Waals surface area contributed by atoms with E-state index >= 15 is 0 Å². The molecule has 14 heteroatoms. The van der Waals surface area contributed by atoms with Crippen LogP contribution < -0.4 is 10.7 Å². The molecule has 0 unspecified atom stereocenters. The number of methoxy groups -OCH3 is 1. The van der Waals surface area contributed by atoms with Crippen molar-refractivity contribution >= 4 is 34.6 Å². The molecule has 4 heterocycles. The number of carbonyl (C=O) groups is 4. The summed E-state index contributed by atoms with van der Waals surface area (Å²) in [4.78, 5) is 62.3. The van der Waals surface area contributed by atoms with Crippen LogP contribution in [0.5, 0.6) is 5.75 Å². The zero-order valence-corrected chi connectivity index (χ0v) is 37.4. The van der Waals surface area contributed by atoms with E-state index in [1.807, 2.05) is 39.0 Å². The first-order valence-corrected chi connectivity index (χ1v) is 21.9. The number of aromatic nitrogens is 2. The fourth-order valence-corrected chi connectivity index (χ4v) is 9.43. The largest absolute Gasteiger partial charge is 0.508 e. The second-order valence-electron chi connectivity index (χ2n) is 18.5. The average molecular weight is 851 g/mol. The van der Waals surface area contributed by atoms with Gasteiger partial charge in [-0.3, -0.25) is 29.2 Å². The van der Waals surface area contributed by atoms with E-state index in [-0.39, 0.29) is 49.2 Å². The van der Waals surface area contributed by atoms with Crippen molar-refractivity contribution in [2.24, 2.45) is 23.2 Å². The minimum atomic E-state index is -1.15. The van der Waals surface area contributed by atoms with Gasteiger partial charge in [-0.1, -0.05) is 46.8 Å². The molecule has 3 aliphatic rings. The molecule has 0 radical (unpaired) electrons. The number of likely N-dealkylation sites (N-methyl/N-ethyl adjacent to an activating group) is 1. The number of aliphatic hydroxyl groups is 1. The molecule has 332 valence electrons. The lowest BCUT2D eigenvalue weighted by molar-refractivity contribution is -0.155. The monoisotopic (exact) mass is 850 g/mol. The van der Waals surface area contributed by atoms with Gasteiger partial charge >= 0.3 is 5.97 Å². The SMILES string of the molecule is CCn1c(-c2cccnc2[C@H](C)OC)c2c3cc(ccc31)-c1cc(O)cc(c1)C[C@H](NC(=O)[C@H](C(C)C)N(C)C(=O)[C@H]1[C@@H](C)[C@@H]1O)C(=O)N1CCC[C@H](N1)C(=O)OCC(C)(C)C2. The molecule has 3 amide bonds. The van der Waals surface area contributed by atoms with E-state index in [0.29, 0.717) is 31.4 Å². The Balaban J connectivity index is 1.35. The molecule has 0 spiro atoms. The Labute approximate surface area is 363 Å². The molecule has 62 heavy (non-hydrogen) atoms. The molecular weight excluding hydrogens is 789 g/mol. The topological polar surface area (TPSA) is 176 Å². The number of cyclic esters (lactones) is 1. The Morgan fingerprint density at radius 1 is 1.11 bits per heavy atom. The number of pyridine rings is 1. The fraction of sp³-hybridized carbons (Fsp3) is 0.521. The molecule has 4 N–H and O–H groups in total. The van der Waals surface area contributed by atoms with Gasteiger partial charge in [0.25, 0.3) is 5.91 Å². The Hall–Kier alpha value is -5.31. The van der Waals surface area contributed by atoms with Crippen LogP contribution >= 0.6 is 0 Å². The number of esters is 1. The number of nitrogens with one attached hydrogen (secondary N) is 2. The molecule has 7 atom stereocenters. The maximum absolute atomic E-state index is 14.6. The molecule has 6 bridgehead atoms. The summed E-state index contributed by atoms with van der Waals surface area (Å²) in [7, 11) is 3.22. The lowest BCUT2D eigenvalue weighted by atomic mass is 9.84. The van der Waals surface area contributed by atoms with Crippen LogP contribution in [0.25, 0.3) is 33.3 Å². The highest BCUT2D eigenvalue weighted by Crippen LogP contribution is 2.43. The first-order chi connectivity index (χ1) is 29.4. The minimum absolute atomic E-state index is 0.000370. The van der Waals surface area contributed by atoms with Crippen LogP contribution in [0.2, 0.25) is 0 Å². The molecule has 2 aromatic carbocycles. The van der Waals surface area contributed by atoms with E-state index < -0.39 is 53.3 Å². The predicted octanol–water partition coefficient (Wildman–Crippen LogP) is 5.56. The maximum atomic E-state index is 14.6. The number of amides is 3. The van der Waals surface area contributed by atoms with Gasteiger partial charge in [-0.15, -0.1) is 0 Å². The molecule has 2 fully saturated rings. The van der Waals surface area contributed by atoms with Crippen LogP contribution in [-0.2, 0) is 48.0 Å². The number of rotatable bonds is 9. The van der Waals surface area contributed by atoms with Crippen molar-refractivity contribution in [3.8, 4) is 28.1 Å². The standard InChI is InChI=1S/C48H62N6O8/c1-10-53-38-16-15-30-23-34(38)35(42(53)33-13-11-17-49-40(33)28(5)61-9)24-48(6,7)25-62-47(60)36-14-12-18-54(51-36)45(58)37(21-29-19-31(30)22-32(55)20-29)50-44(57)41(26(2)3)52(8)46(59)39-27(4)43(39)56/h11,13,15-17,19-20,22-23,26-28,36-37,39,41,43,51,55-56H,10,12,14,18,21,24-25H2,1-9H3,(H,50,57)/t27-,28+,36+,37+,39+,41+,43+/m1/s1. The van der Waals surface area contributed by atoms with Crippen molar-refractivity contribution in [2.45, 2.75) is 111 Å². The van der Waals surface area contributed by atoms with Crippen LogP contribution in [0, 0.1) is 23.2 Å². The Kier molecular flexibility index (Phi) is 12.9. The van der Waals surface area contributed by atoms with Gasteiger partial charge in [0.1, 0.15) is 23.9 Å². The van der Waals surface area contributed by atoms with Gasteiger partial charge in [0.15, 0.2) is 0 Å². The normalized spacial score (nSPS) is 23.7. The van der Waals surface area contributed by atoms with Crippen molar-refractivity contribution in [1.82, 2.24) is 30.2 Å². The first kappa shape index (κ1) is 44.7. The Morgan fingerprint density at radius 2 is 1.85 bits per heavy atom. The van der Waals surface area contributed by atoms with Crippen LogP contribution in [-0.4, -0.2) is 105 Å². The highest BCUT2D eigenvalue weighted by atomic mass is 16.5. The number of hydrogen-bond donors (Lipinski definition) is 4. The number of benzene rings is 2. The van der Waals surface area contributed by atoms with Gasteiger partial charge in [0, 0.05) is 61.7 Å². The molecule has 14 nitrogen and oxygen atoms in total. The van der Waals surface area contributed by atoms with E-state index in [0.717, 1.165) is 44.5 Å². The van der Waals surface area contributed by atoms with Gasteiger partial charge in [-0.2, -0.15) is 0 Å². The smallest absolute Gasteiger partial charge is 0.324 e. The van der Waals surface area contributed by atoms with Gasteiger partial charge in [-0.25, -0.2) is 5.43 Å². The van der Waals surface area contributed by atoms with Crippen LogP contribution in [0.1, 0.15) is 84.2 Å². The number of ether oxygens (including phenoxy) is 2.